The van der Waals surface area contributed by atoms with E-state index in [1.54, 1.807) is 0 Å². The number of ether oxygens (including phenoxy) is 1. The van der Waals surface area contributed by atoms with Crippen LogP contribution in [0.25, 0.3) is 0 Å². The summed E-state index contributed by atoms with van der Waals surface area (Å²) in [6, 6.07) is 2.97. The molecule has 2 saturated heterocycles. The molecule has 2 fully saturated rings. The number of methoxy groups -OCH3 is 1. The van der Waals surface area contributed by atoms with Gasteiger partial charge in [-0.1, -0.05) is 19.8 Å². The first kappa shape index (κ1) is 14.3. The number of hydrogen-bond acceptors (Lipinski definition) is 3. The first-order valence-corrected chi connectivity index (χ1v) is 7.73. The molecular weight excluding hydrogens is 224 g/mol. The van der Waals surface area contributed by atoms with Crippen LogP contribution in [0.3, 0.4) is 0 Å². The van der Waals surface area contributed by atoms with E-state index in [-0.39, 0.29) is 0 Å². The highest BCUT2D eigenvalue weighted by atomic mass is 16.5. The van der Waals surface area contributed by atoms with Crippen LogP contribution in [0.2, 0.25) is 0 Å². The van der Waals surface area contributed by atoms with Crippen LogP contribution in [0.4, 0.5) is 0 Å². The molecule has 18 heavy (non-hydrogen) atoms. The summed E-state index contributed by atoms with van der Waals surface area (Å²) in [5.74, 6) is 0. The Hall–Kier alpha value is -0.120. The van der Waals surface area contributed by atoms with Crippen LogP contribution in [0.1, 0.15) is 51.9 Å². The van der Waals surface area contributed by atoms with Gasteiger partial charge in [0, 0.05) is 31.3 Å². The molecule has 0 aromatic carbocycles. The van der Waals surface area contributed by atoms with Crippen molar-refractivity contribution in [1.29, 1.82) is 0 Å². The van der Waals surface area contributed by atoms with Gasteiger partial charge in [0.1, 0.15) is 0 Å². The molecule has 0 aliphatic carbocycles. The lowest BCUT2D eigenvalue weighted by atomic mass is 9.80. The van der Waals surface area contributed by atoms with Crippen LogP contribution in [0.15, 0.2) is 0 Å². The Morgan fingerprint density at radius 1 is 1.28 bits per heavy atom. The summed E-state index contributed by atoms with van der Waals surface area (Å²) < 4.78 is 5.47. The zero-order chi connectivity index (χ0) is 13.0. The maximum Gasteiger partial charge on any atom is 0.0618 e. The molecule has 1 N–H and O–H groups in total. The topological polar surface area (TPSA) is 24.5 Å². The molecule has 3 unspecified atom stereocenters. The van der Waals surface area contributed by atoms with E-state index in [0.29, 0.717) is 6.04 Å². The van der Waals surface area contributed by atoms with Crippen LogP contribution < -0.4 is 5.32 Å². The van der Waals surface area contributed by atoms with E-state index in [2.05, 4.69) is 24.2 Å². The first-order valence-electron chi connectivity index (χ1n) is 7.73. The summed E-state index contributed by atoms with van der Waals surface area (Å²) in [7, 11) is 3.97. The molecule has 106 valence electrons. The van der Waals surface area contributed by atoms with Crippen molar-refractivity contribution in [3.63, 3.8) is 0 Å². The van der Waals surface area contributed by atoms with E-state index in [1.807, 2.05) is 7.11 Å². The van der Waals surface area contributed by atoms with Gasteiger partial charge in [0.15, 0.2) is 0 Å². The van der Waals surface area contributed by atoms with Gasteiger partial charge in [-0.15, -0.1) is 0 Å². The van der Waals surface area contributed by atoms with E-state index >= 15 is 0 Å². The minimum Gasteiger partial charge on any atom is -0.383 e. The van der Waals surface area contributed by atoms with Crippen molar-refractivity contribution in [1.82, 2.24) is 10.2 Å². The average molecular weight is 254 g/mol. The molecule has 0 saturated carbocycles. The highest BCUT2D eigenvalue weighted by Gasteiger charge is 2.40. The summed E-state index contributed by atoms with van der Waals surface area (Å²) in [5.41, 5.74) is 0. The van der Waals surface area contributed by atoms with Gasteiger partial charge >= 0.3 is 0 Å². The molecule has 0 aromatic heterocycles. The zero-order valence-corrected chi connectivity index (χ0v) is 12.3. The third-order valence-corrected chi connectivity index (χ3v) is 4.84. The van der Waals surface area contributed by atoms with E-state index in [4.69, 9.17) is 4.74 Å². The van der Waals surface area contributed by atoms with Gasteiger partial charge in [0.2, 0.25) is 0 Å². The normalized spacial score (nSPS) is 34.5. The third kappa shape index (κ3) is 3.06. The summed E-state index contributed by atoms with van der Waals surface area (Å²) in [4.78, 5) is 2.82. The van der Waals surface area contributed by atoms with Crippen LogP contribution in [0, 0.1) is 0 Å². The predicted molar refractivity (Wildman–Crippen MR) is 75.9 cm³/mol. The number of fused-ring (bicyclic) bond motifs is 2. The summed E-state index contributed by atoms with van der Waals surface area (Å²) in [6.45, 7) is 3.20. The van der Waals surface area contributed by atoms with Crippen molar-refractivity contribution in [2.24, 2.45) is 0 Å². The third-order valence-electron chi connectivity index (χ3n) is 4.84. The van der Waals surface area contributed by atoms with Gasteiger partial charge in [-0.3, -0.25) is 4.90 Å². The molecule has 2 heterocycles. The second kappa shape index (κ2) is 6.88. The lowest BCUT2D eigenvalue weighted by Gasteiger charge is -2.52. The summed E-state index contributed by atoms with van der Waals surface area (Å²) >= 11 is 0. The Kier molecular flexibility index (Phi) is 5.46. The number of piperidine rings is 2. The average Bonchev–Trinajstić information content (AvgIpc) is 2.37. The second-order valence-electron chi connectivity index (χ2n) is 6.04. The van der Waals surface area contributed by atoms with Gasteiger partial charge in [-0.05, 0) is 39.2 Å². The fraction of sp³-hybridized carbons (Fsp3) is 1.00. The van der Waals surface area contributed by atoms with E-state index in [0.717, 1.165) is 24.7 Å². The number of hydrogen-bond donors (Lipinski definition) is 1. The molecule has 0 spiro atoms. The van der Waals surface area contributed by atoms with Crippen molar-refractivity contribution >= 4 is 0 Å². The quantitative estimate of drug-likeness (QED) is 0.788. The van der Waals surface area contributed by atoms with Crippen molar-refractivity contribution in [2.45, 2.75) is 76.0 Å². The smallest absolute Gasteiger partial charge is 0.0618 e. The summed E-state index contributed by atoms with van der Waals surface area (Å²) in [5, 5.41) is 3.50. The van der Waals surface area contributed by atoms with Gasteiger partial charge < -0.3 is 10.1 Å². The van der Waals surface area contributed by atoms with E-state index in [1.165, 1.54) is 44.9 Å². The lowest BCUT2D eigenvalue weighted by Crippen LogP contribution is -2.60. The van der Waals surface area contributed by atoms with E-state index < -0.39 is 0 Å². The maximum absolute atomic E-state index is 5.47. The fourth-order valence-corrected chi connectivity index (χ4v) is 4.09. The Balaban J connectivity index is 2.05. The van der Waals surface area contributed by atoms with Gasteiger partial charge in [0.05, 0.1) is 6.61 Å². The molecule has 3 heteroatoms. The zero-order valence-electron chi connectivity index (χ0n) is 12.3. The standard InChI is InChI=1S/C15H30N2O/c1-4-6-15(11-18-3)17-13-7-5-8-14(17)10-12(9-13)16-2/h12-16H,4-11H2,1-3H3. The van der Waals surface area contributed by atoms with Crippen molar-refractivity contribution < 1.29 is 4.74 Å². The number of nitrogens with zero attached hydrogens (tertiary/aromatic N) is 1. The number of rotatable bonds is 6. The fourth-order valence-electron chi connectivity index (χ4n) is 4.09. The van der Waals surface area contributed by atoms with Crippen molar-refractivity contribution in [3.05, 3.63) is 0 Å². The Morgan fingerprint density at radius 2 is 1.94 bits per heavy atom. The predicted octanol–water partition coefficient (Wildman–Crippen LogP) is 2.41. The molecule has 3 nitrogen and oxygen atoms in total. The van der Waals surface area contributed by atoms with Crippen LogP contribution in [-0.4, -0.2) is 49.8 Å². The lowest BCUT2D eigenvalue weighted by molar-refractivity contribution is -0.0367. The first-order chi connectivity index (χ1) is 8.80. The Labute approximate surface area is 112 Å². The molecule has 2 bridgehead atoms. The van der Waals surface area contributed by atoms with Crippen LogP contribution in [0.5, 0.6) is 0 Å². The van der Waals surface area contributed by atoms with Crippen LogP contribution >= 0.6 is 0 Å². The Morgan fingerprint density at radius 3 is 2.44 bits per heavy atom. The minimum absolute atomic E-state index is 0.646. The molecule has 0 radical (unpaired) electrons. The molecule has 3 atom stereocenters. The Bertz CT molecular complexity index is 227. The largest absolute Gasteiger partial charge is 0.383 e. The summed E-state index contributed by atoms with van der Waals surface area (Å²) in [6.07, 6.45) is 9.41. The highest BCUT2D eigenvalue weighted by molar-refractivity contribution is 4.97. The highest BCUT2D eigenvalue weighted by Crippen LogP contribution is 2.36. The van der Waals surface area contributed by atoms with Gasteiger partial charge in [0.25, 0.3) is 0 Å². The van der Waals surface area contributed by atoms with Crippen LogP contribution in [-0.2, 0) is 4.74 Å². The van der Waals surface area contributed by atoms with Gasteiger partial charge in [-0.2, -0.15) is 0 Å². The maximum atomic E-state index is 5.47. The minimum atomic E-state index is 0.646. The second-order valence-corrected chi connectivity index (χ2v) is 6.04. The van der Waals surface area contributed by atoms with Crippen molar-refractivity contribution in [2.75, 3.05) is 20.8 Å². The number of nitrogens with one attached hydrogen (secondary N) is 1. The molecule has 2 aliphatic rings. The molecule has 2 aliphatic heterocycles. The molecular formula is C15H30N2O. The molecule has 0 amide bonds. The molecule has 0 aromatic rings. The SMILES string of the molecule is CCCC(COC)N1C2CCCC1CC(NC)C2. The van der Waals surface area contributed by atoms with E-state index in [9.17, 15) is 0 Å². The molecule has 2 rings (SSSR count). The monoisotopic (exact) mass is 254 g/mol. The van der Waals surface area contributed by atoms with Gasteiger partial charge in [-0.25, -0.2) is 0 Å². The van der Waals surface area contributed by atoms with Crippen molar-refractivity contribution in [3.8, 4) is 0 Å².